The number of hydrogen-bond acceptors (Lipinski definition) is 7. The molecule has 0 spiro atoms. The third-order valence-electron chi connectivity index (χ3n) is 4.31. The Bertz CT molecular complexity index is 1260. The summed E-state index contributed by atoms with van der Waals surface area (Å²) in [5, 5.41) is 17.2. The molecule has 2 N–H and O–H groups in total. The number of carbonyl (C=O) groups is 3. The number of non-ortho nitro benzene ring substituents is 1. The van der Waals surface area contributed by atoms with Crippen LogP contribution in [0.25, 0.3) is 0 Å². The van der Waals surface area contributed by atoms with Gasteiger partial charge in [0.25, 0.3) is 17.5 Å². The quantitative estimate of drug-likeness (QED) is 0.166. The topological polar surface area (TPSA) is 140 Å². The van der Waals surface area contributed by atoms with Crippen molar-refractivity contribution >= 4 is 41.3 Å². The van der Waals surface area contributed by atoms with E-state index >= 15 is 0 Å². The molecule has 3 aromatic carbocycles. The average molecular weight is 481 g/mol. The van der Waals surface area contributed by atoms with Gasteiger partial charge in [-0.2, -0.15) is 5.10 Å². The molecule has 0 unspecified atom stereocenters. The molecule has 2 amide bonds. The van der Waals surface area contributed by atoms with Gasteiger partial charge in [-0.1, -0.05) is 35.9 Å². The highest BCUT2D eigenvalue weighted by atomic mass is 35.5. The van der Waals surface area contributed by atoms with Crippen molar-refractivity contribution in [3.05, 3.63) is 105 Å². The second-order valence-electron chi connectivity index (χ2n) is 6.72. The van der Waals surface area contributed by atoms with Crippen LogP contribution in [0, 0.1) is 10.1 Å². The van der Waals surface area contributed by atoms with Gasteiger partial charge in [-0.05, 0) is 42.0 Å². The lowest BCUT2D eigenvalue weighted by Gasteiger charge is -2.06. The molecule has 0 bridgehead atoms. The number of halogens is 1. The standard InChI is InChI=1S/C23H17ClN4O6/c24-20-7-2-1-6-19(20)22(30)25-14-21(29)27-26-13-15-4-3-5-18(12-15)34-23(31)16-8-10-17(11-9-16)28(32)33/h1-13H,14H2,(H,25,30)(H,27,29). The Labute approximate surface area is 198 Å². The summed E-state index contributed by atoms with van der Waals surface area (Å²) in [6, 6.07) is 17.8. The minimum atomic E-state index is -0.688. The Hall–Kier alpha value is -4.57. The summed E-state index contributed by atoms with van der Waals surface area (Å²) in [4.78, 5) is 46.3. The summed E-state index contributed by atoms with van der Waals surface area (Å²) in [5.74, 6) is -1.53. The summed E-state index contributed by atoms with van der Waals surface area (Å²) in [5.41, 5.74) is 3.06. The molecule has 0 fully saturated rings. The van der Waals surface area contributed by atoms with E-state index in [1.165, 1.54) is 42.6 Å². The van der Waals surface area contributed by atoms with E-state index < -0.39 is 22.7 Å². The maximum Gasteiger partial charge on any atom is 0.343 e. The number of esters is 1. The molecule has 10 nitrogen and oxygen atoms in total. The van der Waals surface area contributed by atoms with Crippen LogP contribution in [-0.2, 0) is 4.79 Å². The molecule has 0 heterocycles. The van der Waals surface area contributed by atoms with Gasteiger partial charge < -0.3 is 10.1 Å². The minimum Gasteiger partial charge on any atom is -0.423 e. The van der Waals surface area contributed by atoms with Crippen molar-refractivity contribution in [3.8, 4) is 5.75 Å². The number of rotatable bonds is 8. The van der Waals surface area contributed by atoms with Gasteiger partial charge in [0.15, 0.2) is 0 Å². The summed E-state index contributed by atoms with van der Waals surface area (Å²) < 4.78 is 5.27. The van der Waals surface area contributed by atoms with Crippen LogP contribution in [0.15, 0.2) is 77.9 Å². The van der Waals surface area contributed by atoms with E-state index in [-0.39, 0.29) is 34.1 Å². The lowest BCUT2D eigenvalue weighted by atomic mass is 10.2. The fraction of sp³-hybridized carbons (Fsp3) is 0.0435. The van der Waals surface area contributed by atoms with Crippen LogP contribution in [0.4, 0.5) is 5.69 Å². The zero-order chi connectivity index (χ0) is 24.5. The third kappa shape index (κ3) is 6.71. The van der Waals surface area contributed by atoms with Crippen molar-refractivity contribution in [1.82, 2.24) is 10.7 Å². The molecule has 0 saturated heterocycles. The zero-order valence-electron chi connectivity index (χ0n) is 17.4. The van der Waals surface area contributed by atoms with E-state index in [2.05, 4.69) is 15.8 Å². The number of hydrogen-bond donors (Lipinski definition) is 2. The van der Waals surface area contributed by atoms with E-state index in [1.807, 2.05) is 0 Å². The first-order valence-corrected chi connectivity index (χ1v) is 10.1. The van der Waals surface area contributed by atoms with Gasteiger partial charge >= 0.3 is 5.97 Å². The summed E-state index contributed by atoms with van der Waals surface area (Å²) in [6.45, 7) is -0.311. The van der Waals surface area contributed by atoms with Crippen molar-refractivity contribution in [3.63, 3.8) is 0 Å². The number of benzene rings is 3. The number of hydrazone groups is 1. The summed E-state index contributed by atoms with van der Waals surface area (Å²) >= 11 is 5.94. The Kier molecular flexibility index (Phi) is 8.03. The SMILES string of the molecule is O=C(CNC(=O)c1ccccc1Cl)NN=Cc1cccc(OC(=O)c2ccc([N+](=O)[O-])cc2)c1. The predicted octanol–water partition coefficient (Wildman–Crippen LogP) is 3.35. The van der Waals surface area contributed by atoms with Crippen LogP contribution in [0.3, 0.4) is 0 Å². The Balaban J connectivity index is 1.51. The first kappa shape index (κ1) is 24.1. The number of nitrogens with zero attached hydrogens (tertiary/aromatic N) is 2. The second kappa shape index (κ2) is 11.3. The first-order chi connectivity index (χ1) is 16.3. The largest absolute Gasteiger partial charge is 0.423 e. The van der Waals surface area contributed by atoms with Gasteiger partial charge in [-0.25, -0.2) is 10.2 Å². The molecule has 0 aliphatic heterocycles. The van der Waals surface area contributed by atoms with Crippen LogP contribution in [-0.4, -0.2) is 35.5 Å². The van der Waals surface area contributed by atoms with Crippen LogP contribution < -0.4 is 15.5 Å². The Morgan fingerprint density at radius 3 is 2.47 bits per heavy atom. The molecule has 0 aliphatic carbocycles. The Morgan fingerprint density at radius 1 is 1.03 bits per heavy atom. The van der Waals surface area contributed by atoms with Crippen LogP contribution in [0.2, 0.25) is 5.02 Å². The molecule has 0 radical (unpaired) electrons. The molecule has 11 heteroatoms. The molecular weight excluding hydrogens is 464 g/mol. The smallest absolute Gasteiger partial charge is 0.343 e. The Morgan fingerprint density at radius 2 is 1.76 bits per heavy atom. The van der Waals surface area contributed by atoms with Crippen molar-refractivity contribution in [2.75, 3.05) is 6.54 Å². The van der Waals surface area contributed by atoms with Crippen molar-refractivity contribution < 1.29 is 24.0 Å². The normalized spacial score (nSPS) is 10.5. The number of nitro benzene ring substituents is 1. The molecule has 0 atom stereocenters. The van der Waals surface area contributed by atoms with Gasteiger partial charge in [0.05, 0.1) is 33.8 Å². The summed E-state index contributed by atoms with van der Waals surface area (Å²) in [7, 11) is 0. The van der Waals surface area contributed by atoms with Crippen molar-refractivity contribution in [2.24, 2.45) is 5.10 Å². The predicted molar refractivity (Wildman–Crippen MR) is 124 cm³/mol. The molecule has 0 aliphatic rings. The maximum atomic E-state index is 12.2. The second-order valence-corrected chi connectivity index (χ2v) is 7.13. The monoisotopic (exact) mass is 480 g/mol. The molecule has 0 saturated carbocycles. The third-order valence-corrected chi connectivity index (χ3v) is 4.64. The molecule has 0 aromatic heterocycles. The zero-order valence-corrected chi connectivity index (χ0v) is 18.2. The molecule has 3 aromatic rings. The maximum absolute atomic E-state index is 12.2. The van der Waals surface area contributed by atoms with Gasteiger partial charge in [-0.15, -0.1) is 0 Å². The lowest BCUT2D eigenvalue weighted by molar-refractivity contribution is -0.384. The molecular formula is C23H17ClN4O6. The van der Waals surface area contributed by atoms with E-state index in [0.29, 0.717) is 5.56 Å². The fourth-order valence-corrected chi connectivity index (χ4v) is 2.88. The molecule has 34 heavy (non-hydrogen) atoms. The number of amides is 2. The van der Waals surface area contributed by atoms with Crippen molar-refractivity contribution in [1.29, 1.82) is 0 Å². The average Bonchev–Trinajstić information content (AvgIpc) is 2.83. The minimum absolute atomic E-state index is 0.139. The molecule has 172 valence electrons. The van der Waals surface area contributed by atoms with E-state index in [1.54, 1.807) is 36.4 Å². The molecule has 3 rings (SSSR count). The highest BCUT2D eigenvalue weighted by molar-refractivity contribution is 6.33. The lowest BCUT2D eigenvalue weighted by Crippen LogP contribution is -2.35. The van der Waals surface area contributed by atoms with Gasteiger partial charge in [0, 0.05) is 12.1 Å². The van der Waals surface area contributed by atoms with Crippen molar-refractivity contribution in [2.45, 2.75) is 0 Å². The highest BCUT2D eigenvalue weighted by Crippen LogP contribution is 2.17. The highest BCUT2D eigenvalue weighted by Gasteiger charge is 2.12. The number of nitro groups is 1. The van der Waals surface area contributed by atoms with Gasteiger partial charge in [0.1, 0.15) is 5.75 Å². The van der Waals surface area contributed by atoms with E-state index in [4.69, 9.17) is 16.3 Å². The van der Waals surface area contributed by atoms with Crippen LogP contribution >= 0.6 is 11.6 Å². The van der Waals surface area contributed by atoms with E-state index in [0.717, 1.165) is 0 Å². The van der Waals surface area contributed by atoms with Gasteiger partial charge in [0.2, 0.25) is 0 Å². The van der Waals surface area contributed by atoms with Gasteiger partial charge in [-0.3, -0.25) is 19.7 Å². The number of nitrogens with one attached hydrogen (secondary N) is 2. The number of carbonyl (C=O) groups excluding carboxylic acids is 3. The van der Waals surface area contributed by atoms with Crippen LogP contribution in [0.1, 0.15) is 26.3 Å². The summed E-state index contributed by atoms with van der Waals surface area (Å²) in [6.07, 6.45) is 1.33. The first-order valence-electron chi connectivity index (χ1n) is 9.75. The van der Waals surface area contributed by atoms with E-state index in [9.17, 15) is 24.5 Å². The fourth-order valence-electron chi connectivity index (χ4n) is 2.66. The number of ether oxygens (including phenoxy) is 1. The van der Waals surface area contributed by atoms with Crippen LogP contribution in [0.5, 0.6) is 5.75 Å².